The monoisotopic (exact) mass is 268 g/mol. The first-order valence-corrected chi connectivity index (χ1v) is 6.49. The van der Waals surface area contributed by atoms with Crippen LogP contribution >= 0.6 is 11.6 Å². The van der Waals surface area contributed by atoms with Crippen LogP contribution in [0.2, 0.25) is 5.15 Å². The second-order valence-corrected chi connectivity index (χ2v) is 5.08. The summed E-state index contributed by atoms with van der Waals surface area (Å²) in [5.74, 6) is -0.0958. The Kier molecular flexibility index (Phi) is 4.19. The highest BCUT2D eigenvalue weighted by Gasteiger charge is 2.21. The first-order chi connectivity index (χ1) is 8.54. The molecule has 0 saturated carbocycles. The van der Waals surface area contributed by atoms with Crippen molar-refractivity contribution in [3.63, 3.8) is 0 Å². The van der Waals surface area contributed by atoms with Crippen molar-refractivity contribution < 1.29 is 9.53 Å². The van der Waals surface area contributed by atoms with E-state index in [1.165, 1.54) is 0 Å². The molecule has 2 heterocycles. The molecule has 1 aromatic heterocycles. The Morgan fingerprint density at radius 2 is 2.33 bits per heavy atom. The van der Waals surface area contributed by atoms with Gasteiger partial charge in [-0.3, -0.25) is 4.79 Å². The molecule has 2 unspecified atom stereocenters. The Hall–Kier alpha value is -1.13. The normalized spacial score (nSPS) is 23.7. The maximum Gasteiger partial charge on any atom is 0.251 e. The lowest BCUT2D eigenvalue weighted by molar-refractivity contribution is 0.0136. The molecule has 0 aliphatic carbocycles. The molecule has 98 valence electrons. The molecule has 1 aliphatic rings. The third-order valence-corrected chi connectivity index (χ3v) is 3.20. The summed E-state index contributed by atoms with van der Waals surface area (Å²) in [5, 5.41) is 3.36. The van der Waals surface area contributed by atoms with E-state index in [1.54, 1.807) is 12.1 Å². The highest BCUT2D eigenvalue weighted by molar-refractivity contribution is 6.29. The lowest BCUT2D eigenvalue weighted by atomic mass is 10.0. The summed E-state index contributed by atoms with van der Waals surface area (Å²) in [6.07, 6.45) is 1.91. The molecule has 2 atom stereocenters. The average Bonchev–Trinajstić information content (AvgIpc) is 2.27. The average molecular weight is 269 g/mol. The zero-order chi connectivity index (χ0) is 13.1. The van der Waals surface area contributed by atoms with E-state index in [0.29, 0.717) is 17.3 Å². The first-order valence-electron chi connectivity index (χ1n) is 6.11. The molecule has 5 heteroatoms. The lowest BCUT2D eigenvalue weighted by Crippen LogP contribution is -2.41. The van der Waals surface area contributed by atoms with E-state index in [4.69, 9.17) is 16.3 Å². The number of aromatic nitrogens is 1. The van der Waals surface area contributed by atoms with Crippen LogP contribution in [0.5, 0.6) is 0 Å². The molecular weight excluding hydrogens is 252 g/mol. The van der Waals surface area contributed by atoms with E-state index in [2.05, 4.69) is 10.3 Å². The van der Waals surface area contributed by atoms with Gasteiger partial charge in [0.05, 0.1) is 6.10 Å². The topological polar surface area (TPSA) is 51.2 Å². The molecule has 18 heavy (non-hydrogen) atoms. The molecule has 0 bridgehead atoms. The van der Waals surface area contributed by atoms with Gasteiger partial charge in [0.25, 0.3) is 5.91 Å². The molecule has 1 N–H and O–H groups in total. The Morgan fingerprint density at radius 1 is 1.56 bits per heavy atom. The van der Waals surface area contributed by atoms with Gasteiger partial charge >= 0.3 is 0 Å². The van der Waals surface area contributed by atoms with Gasteiger partial charge in [0.2, 0.25) is 0 Å². The minimum Gasteiger partial charge on any atom is -0.378 e. The molecule has 0 spiro atoms. The van der Waals surface area contributed by atoms with Gasteiger partial charge in [-0.1, -0.05) is 11.6 Å². The van der Waals surface area contributed by atoms with Crippen LogP contribution in [-0.4, -0.2) is 29.6 Å². The summed E-state index contributed by atoms with van der Waals surface area (Å²) in [7, 11) is 0. The molecule has 4 nitrogen and oxygen atoms in total. The van der Waals surface area contributed by atoms with Crippen LogP contribution in [0.4, 0.5) is 0 Å². The maximum atomic E-state index is 12.1. The first kappa shape index (κ1) is 13.3. The van der Waals surface area contributed by atoms with E-state index in [0.717, 1.165) is 18.5 Å². The van der Waals surface area contributed by atoms with Crippen molar-refractivity contribution in [2.24, 2.45) is 0 Å². The number of nitrogens with zero attached hydrogens (tertiary/aromatic N) is 1. The van der Waals surface area contributed by atoms with Gasteiger partial charge < -0.3 is 10.1 Å². The van der Waals surface area contributed by atoms with E-state index >= 15 is 0 Å². The summed E-state index contributed by atoms with van der Waals surface area (Å²) in [5.41, 5.74) is 1.31. The van der Waals surface area contributed by atoms with Crippen molar-refractivity contribution in [2.45, 2.75) is 38.8 Å². The molecule has 1 fully saturated rings. The predicted octanol–water partition coefficient (Wildman–Crippen LogP) is 2.34. The second-order valence-electron chi connectivity index (χ2n) is 4.70. The van der Waals surface area contributed by atoms with Gasteiger partial charge in [-0.05, 0) is 38.8 Å². The number of pyridine rings is 1. The minimum absolute atomic E-state index is 0.0958. The highest BCUT2D eigenvalue weighted by atomic mass is 35.5. The molecule has 1 aromatic rings. The van der Waals surface area contributed by atoms with E-state index < -0.39 is 0 Å². The number of halogens is 1. The van der Waals surface area contributed by atoms with Crippen LogP contribution in [0, 0.1) is 6.92 Å². The van der Waals surface area contributed by atoms with Crippen molar-refractivity contribution in [3.05, 3.63) is 28.5 Å². The second kappa shape index (κ2) is 5.67. The molecule has 1 amide bonds. The number of rotatable bonds is 2. The fourth-order valence-electron chi connectivity index (χ4n) is 2.16. The summed E-state index contributed by atoms with van der Waals surface area (Å²) in [6, 6.07) is 3.50. The third-order valence-electron chi connectivity index (χ3n) is 3.00. The van der Waals surface area contributed by atoms with E-state index in [9.17, 15) is 4.79 Å². The fraction of sp³-hybridized carbons (Fsp3) is 0.538. The number of aryl methyl sites for hydroxylation is 1. The van der Waals surface area contributed by atoms with Crippen LogP contribution in [0.25, 0.3) is 0 Å². The third kappa shape index (κ3) is 3.43. The number of carbonyl (C=O) groups is 1. The predicted molar refractivity (Wildman–Crippen MR) is 69.9 cm³/mol. The van der Waals surface area contributed by atoms with E-state index in [-0.39, 0.29) is 18.1 Å². The summed E-state index contributed by atoms with van der Waals surface area (Å²) < 4.78 is 5.45. The Bertz CT molecular complexity index is 430. The van der Waals surface area contributed by atoms with Crippen molar-refractivity contribution >= 4 is 17.5 Å². The molecule has 0 radical (unpaired) electrons. The molecular formula is C13H17ClN2O2. The Labute approximate surface area is 112 Å². The van der Waals surface area contributed by atoms with Crippen molar-refractivity contribution in [3.8, 4) is 0 Å². The zero-order valence-electron chi connectivity index (χ0n) is 10.6. The molecule has 1 saturated heterocycles. The largest absolute Gasteiger partial charge is 0.378 e. The lowest BCUT2D eigenvalue weighted by Gasteiger charge is -2.27. The van der Waals surface area contributed by atoms with Crippen LogP contribution in [0.3, 0.4) is 0 Å². The van der Waals surface area contributed by atoms with Gasteiger partial charge in [0.1, 0.15) is 5.15 Å². The van der Waals surface area contributed by atoms with E-state index in [1.807, 2.05) is 13.8 Å². The standard InChI is InChI=1S/C13H17ClN2O2/c1-8-5-10(7-12(14)15-8)13(17)16-11-3-4-18-9(2)6-11/h5,7,9,11H,3-4,6H2,1-2H3,(H,16,17). The van der Waals surface area contributed by atoms with Gasteiger partial charge in [0.15, 0.2) is 0 Å². The van der Waals surface area contributed by atoms with Crippen LogP contribution in [0.1, 0.15) is 35.8 Å². The number of carbonyl (C=O) groups excluding carboxylic acids is 1. The number of hydrogen-bond donors (Lipinski definition) is 1. The van der Waals surface area contributed by atoms with Crippen LogP contribution in [0.15, 0.2) is 12.1 Å². The molecule has 0 aromatic carbocycles. The fourth-order valence-corrected chi connectivity index (χ4v) is 2.41. The number of hydrogen-bond acceptors (Lipinski definition) is 3. The number of ether oxygens (including phenoxy) is 1. The maximum absolute atomic E-state index is 12.1. The quantitative estimate of drug-likeness (QED) is 0.838. The molecule has 1 aliphatic heterocycles. The summed E-state index contributed by atoms with van der Waals surface area (Å²) >= 11 is 5.85. The number of amides is 1. The van der Waals surface area contributed by atoms with Crippen molar-refractivity contribution in [1.82, 2.24) is 10.3 Å². The van der Waals surface area contributed by atoms with Crippen molar-refractivity contribution in [2.75, 3.05) is 6.61 Å². The SMILES string of the molecule is Cc1cc(C(=O)NC2CCOC(C)C2)cc(Cl)n1. The molecule has 2 rings (SSSR count). The van der Waals surface area contributed by atoms with Gasteiger partial charge in [-0.15, -0.1) is 0 Å². The smallest absolute Gasteiger partial charge is 0.251 e. The van der Waals surface area contributed by atoms with Crippen LogP contribution in [-0.2, 0) is 4.74 Å². The van der Waals surface area contributed by atoms with Gasteiger partial charge in [0, 0.05) is 23.9 Å². The van der Waals surface area contributed by atoms with Crippen molar-refractivity contribution in [1.29, 1.82) is 0 Å². The van der Waals surface area contributed by atoms with Gasteiger partial charge in [-0.2, -0.15) is 0 Å². The summed E-state index contributed by atoms with van der Waals surface area (Å²) in [4.78, 5) is 16.1. The Balaban J connectivity index is 2.02. The van der Waals surface area contributed by atoms with Gasteiger partial charge in [-0.25, -0.2) is 4.98 Å². The minimum atomic E-state index is -0.0958. The Morgan fingerprint density at radius 3 is 3.00 bits per heavy atom. The summed E-state index contributed by atoms with van der Waals surface area (Å²) in [6.45, 7) is 4.53. The van der Waals surface area contributed by atoms with Crippen LogP contribution < -0.4 is 5.32 Å². The zero-order valence-corrected chi connectivity index (χ0v) is 11.3. The highest BCUT2D eigenvalue weighted by Crippen LogP contribution is 2.15. The number of nitrogens with one attached hydrogen (secondary N) is 1.